The molecule has 5 rings (SSSR count). The van der Waals surface area contributed by atoms with E-state index in [-0.39, 0.29) is 11.8 Å². The van der Waals surface area contributed by atoms with Crippen LogP contribution in [0, 0.1) is 0 Å². The topological polar surface area (TPSA) is 75.4 Å². The zero-order valence-electron chi connectivity index (χ0n) is 16.2. The number of aromatic nitrogens is 3. The molecule has 0 atom stereocenters. The van der Waals surface area contributed by atoms with Gasteiger partial charge in [0.25, 0.3) is 0 Å². The molecule has 0 radical (unpaired) electrons. The smallest absolute Gasteiger partial charge is 0.242 e. The number of amides is 1. The minimum Gasteiger partial charge on any atom is -0.362 e. The van der Waals surface area contributed by atoms with Gasteiger partial charge in [0.05, 0.1) is 6.54 Å². The number of likely N-dealkylation sites (tertiary alicyclic amines) is 1. The molecule has 7 nitrogen and oxygen atoms in total. The van der Waals surface area contributed by atoms with Gasteiger partial charge in [-0.1, -0.05) is 29.4 Å². The van der Waals surface area contributed by atoms with Gasteiger partial charge in [0.15, 0.2) is 0 Å². The van der Waals surface area contributed by atoms with Crippen molar-refractivity contribution in [3.63, 3.8) is 0 Å². The Labute approximate surface area is 169 Å². The number of rotatable bonds is 4. The molecule has 2 aromatic heterocycles. The molecule has 0 unspecified atom stereocenters. The van der Waals surface area contributed by atoms with Crippen LogP contribution in [0.3, 0.4) is 0 Å². The van der Waals surface area contributed by atoms with E-state index in [2.05, 4.69) is 38.2 Å². The van der Waals surface area contributed by atoms with E-state index in [4.69, 9.17) is 4.52 Å². The van der Waals surface area contributed by atoms with Crippen molar-refractivity contribution in [3.05, 3.63) is 60.1 Å². The fourth-order valence-corrected chi connectivity index (χ4v) is 4.21. The van der Waals surface area contributed by atoms with Crippen molar-refractivity contribution in [3.8, 4) is 11.5 Å². The monoisotopic (exact) mass is 389 g/mol. The third kappa shape index (κ3) is 3.60. The molecule has 1 aromatic carbocycles. The Balaban J connectivity index is 1.18. The number of para-hydroxylation sites is 1. The first-order chi connectivity index (χ1) is 14.3. The van der Waals surface area contributed by atoms with E-state index in [1.807, 2.05) is 29.2 Å². The van der Waals surface area contributed by atoms with Crippen LogP contribution < -0.4 is 4.90 Å². The Kier molecular flexibility index (Phi) is 4.71. The Morgan fingerprint density at radius 2 is 1.90 bits per heavy atom. The number of hydrogen-bond donors (Lipinski definition) is 0. The summed E-state index contributed by atoms with van der Waals surface area (Å²) in [7, 11) is 0. The summed E-state index contributed by atoms with van der Waals surface area (Å²) >= 11 is 0. The standard InChI is InChI=1S/C22H23N5O2/c28-20(15-27-14-8-16-5-1-2-7-19(16)27)26-12-9-17(10-13-26)22-24-21(25-29-22)18-6-3-4-11-23-18/h1-7,11,17H,8-10,12-15H2. The van der Waals surface area contributed by atoms with E-state index in [1.165, 1.54) is 11.3 Å². The Bertz CT molecular complexity index is 995. The van der Waals surface area contributed by atoms with Crippen LogP contribution in [0.1, 0.15) is 30.2 Å². The SMILES string of the molecule is O=C(CN1CCc2ccccc21)N1CCC(c2nc(-c3ccccn3)no2)CC1. The summed E-state index contributed by atoms with van der Waals surface area (Å²) in [5.41, 5.74) is 3.24. The minimum absolute atomic E-state index is 0.191. The summed E-state index contributed by atoms with van der Waals surface area (Å²) in [6.07, 6.45) is 4.41. The Hall–Kier alpha value is -3.22. The highest BCUT2D eigenvalue weighted by Gasteiger charge is 2.29. The van der Waals surface area contributed by atoms with Crippen molar-refractivity contribution in [2.45, 2.75) is 25.2 Å². The van der Waals surface area contributed by atoms with Gasteiger partial charge in [-0.3, -0.25) is 9.78 Å². The molecule has 2 aliphatic rings. The first-order valence-corrected chi connectivity index (χ1v) is 10.1. The molecule has 148 valence electrons. The molecule has 1 saturated heterocycles. The van der Waals surface area contributed by atoms with E-state index in [1.54, 1.807) is 6.20 Å². The lowest BCUT2D eigenvalue weighted by molar-refractivity contribution is -0.130. The summed E-state index contributed by atoms with van der Waals surface area (Å²) in [5.74, 6) is 1.55. The number of carbonyl (C=O) groups is 1. The molecule has 3 aromatic rings. The molecule has 0 N–H and O–H groups in total. The van der Waals surface area contributed by atoms with Crippen LogP contribution in [0.2, 0.25) is 0 Å². The lowest BCUT2D eigenvalue weighted by atomic mass is 9.96. The van der Waals surface area contributed by atoms with E-state index in [9.17, 15) is 4.79 Å². The van der Waals surface area contributed by atoms with Gasteiger partial charge < -0.3 is 14.3 Å². The van der Waals surface area contributed by atoms with Crippen molar-refractivity contribution in [2.24, 2.45) is 0 Å². The number of anilines is 1. The largest absolute Gasteiger partial charge is 0.362 e. The molecule has 7 heteroatoms. The van der Waals surface area contributed by atoms with Gasteiger partial charge in [0.2, 0.25) is 17.6 Å². The number of carbonyl (C=O) groups excluding carboxylic acids is 1. The van der Waals surface area contributed by atoms with Crippen LogP contribution in [0.4, 0.5) is 5.69 Å². The first kappa shape index (κ1) is 17.8. The molecule has 29 heavy (non-hydrogen) atoms. The molecule has 0 aliphatic carbocycles. The molecular formula is C22H23N5O2. The molecule has 1 amide bonds. The number of pyridine rings is 1. The Morgan fingerprint density at radius 3 is 2.72 bits per heavy atom. The second kappa shape index (κ2) is 7.66. The molecule has 0 saturated carbocycles. The number of benzene rings is 1. The molecular weight excluding hydrogens is 366 g/mol. The van der Waals surface area contributed by atoms with Crippen LogP contribution >= 0.6 is 0 Å². The summed E-state index contributed by atoms with van der Waals surface area (Å²) in [5, 5.41) is 4.07. The average molecular weight is 389 g/mol. The average Bonchev–Trinajstić information content (AvgIpc) is 3.43. The maximum Gasteiger partial charge on any atom is 0.242 e. The lowest BCUT2D eigenvalue weighted by Gasteiger charge is -2.32. The molecule has 0 bridgehead atoms. The van der Waals surface area contributed by atoms with Crippen molar-refractivity contribution in [1.29, 1.82) is 0 Å². The summed E-state index contributed by atoms with van der Waals surface area (Å²) in [6.45, 7) is 2.81. The zero-order valence-corrected chi connectivity index (χ0v) is 16.2. The van der Waals surface area contributed by atoms with Crippen LogP contribution in [0.15, 0.2) is 53.2 Å². The number of nitrogens with zero attached hydrogens (tertiary/aromatic N) is 5. The van der Waals surface area contributed by atoms with E-state index < -0.39 is 0 Å². The quantitative estimate of drug-likeness (QED) is 0.683. The summed E-state index contributed by atoms with van der Waals surface area (Å²) in [4.78, 5) is 25.8. The predicted octanol–water partition coefficient (Wildman–Crippen LogP) is 2.90. The highest BCUT2D eigenvalue weighted by Crippen LogP contribution is 2.30. The number of hydrogen-bond acceptors (Lipinski definition) is 6. The van der Waals surface area contributed by atoms with Crippen molar-refractivity contribution < 1.29 is 9.32 Å². The van der Waals surface area contributed by atoms with Crippen LogP contribution in [0.5, 0.6) is 0 Å². The summed E-state index contributed by atoms with van der Waals surface area (Å²) in [6, 6.07) is 14.0. The highest BCUT2D eigenvalue weighted by molar-refractivity contribution is 5.82. The molecule has 4 heterocycles. The lowest BCUT2D eigenvalue weighted by Crippen LogP contribution is -2.43. The third-order valence-electron chi connectivity index (χ3n) is 5.84. The number of piperidine rings is 1. The normalized spacial score (nSPS) is 16.8. The maximum absolute atomic E-state index is 12.8. The fraction of sp³-hybridized carbons (Fsp3) is 0.364. The second-order valence-electron chi connectivity index (χ2n) is 7.63. The Morgan fingerprint density at radius 1 is 1.07 bits per heavy atom. The van der Waals surface area contributed by atoms with Crippen molar-refractivity contribution >= 4 is 11.6 Å². The second-order valence-corrected chi connectivity index (χ2v) is 7.63. The minimum atomic E-state index is 0.191. The van der Waals surface area contributed by atoms with Gasteiger partial charge in [-0.2, -0.15) is 4.98 Å². The van der Waals surface area contributed by atoms with Gasteiger partial charge in [0, 0.05) is 37.4 Å². The molecule has 1 fully saturated rings. The molecule has 2 aliphatic heterocycles. The fourth-order valence-electron chi connectivity index (χ4n) is 4.21. The van der Waals surface area contributed by atoms with Crippen LogP contribution in [0.25, 0.3) is 11.5 Å². The van der Waals surface area contributed by atoms with E-state index in [0.29, 0.717) is 24.0 Å². The molecule has 0 spiro atoms. The van der Waals surface area contributed by atoms with E-state index in [0.717, 1.165) is 38.9 Å². The van der Waals surface area contributed by atoms with Gasteiger partial charge in [0.1, 0.15) is 5.69 Å². The van der Waals surface area contributed by atoms with Gasteiger partial charge in [-0.25, -0.2) is 0 Å². The van der Waals surface area contributed by atoms with Gasteiger partial charge >= 0.3 is 0 Å². The van der Waals surface area contributed by atoms with Gasteiger partial charge in [-0.15, -0.1) is 0 Å². The van der Waals surface area contributed by atoms with Gasteiger partial charge in [-0.05, 0) is 43.0 Å². The van der Waals surface area contributed by atoms with Crippen LogP contribution in [-0.2, 0) is 11.2 Å². The van der Waals surface area contributed by atoms with E-state index >= 15 is 0 Å². The summed E-state index contributed by atoms with van der Waals surface area (Å²) < 4.78 is 5.49. The van der Waals surface area contributed by atoms with Crippen LogP contribution in [-0.4, -0.2) is 52.1 Å². The van der Waals surface area contributed by atoms with Crippen molar-refractivity contribution in [1.82, 2.24) is 20.0 Å². The zero-order chi connectivity index (χ0) is 19.6. The van der Waals surface area contributed by atoms with Crippen molar-refractivity contribution in [2.75, 3.05) is 31.1 Å². The maximum atomic E-state index is 12.8. The highest BCUT2D eigenvalue weighted by atomic mass is 16.5. The predicted molar refractivity (Wildman–Crippen MR) is 108 cm³/mol. The third-order valence-corrected chi connectivity index (χ3v) is 5.84. The number of fused-ring (bicyclic) bond motifs is 1. The first-order valence-electron chi connectivity index (χ1n) is 10.1.